The lowest BCUT2D eigenvalue weighted by Gasteiger charge is -2.09. The fourth-order valence-corrected chi connectivity index (χ4v) is 1.25. The maximum atomic E-state index is 11.4. The molecule has 0 saturated heterocycles. The van der Waals surface area contributed by atoms with Gasteiger partial charge in [0.15, 0.2) is 6.04 Å². The first kappa shape index (κ1) is 14.4. The lowest BCUT2D eigenvalue weighted by molar-refractivity contribution is -0.142. The van der Waals surface area contributed by atoms with Crippen molar-refractivity contribution in [2.45, 2.75) is 6.04 Å². The quantitative estimate of drug-likeness (QED) is 0.652. The highest BCUT2D eigenvalue weighted by Crippen LogP contribution is 2.05. The zero-order chi connectivity index (χ0) is 14.3. The highest BCUT2D eigenvalue weighted by atomic mass is 16.4. The largest absolute Gasteiger partial charge is 0.480 e. The van der Waals surface area contributed by atoms with Crippen molar-refractivity contribution in [2.24, 2.45) is 0 Å². The summed E-state index contributed by atoms with van der Waals surface area (Å²) in [6.07, 6.45) is 2.64. The highest BCUT2D eigenvalue weighted by molar-refractivity contribution is 5.94. The van der Waals surface area contributed by atoms with Crippen molar-refractivity contribution in [1.29, 1.82) is 5.26 Å². The van der Waals surface area contributed by atoms with Gasteiger partial charge in [0.05, 0.1) is 18.2 Å². The molecule has 98 valence electrons. The van der Waals surface area contributed by atoms with Crippen molar-refractivity contribution in [2.75, 3.05) is 6.61 Å². The van der Waals surface area contributed by atoms with E-state index in [2.05, 4.69) is 5.32 Å². The van der Waals surface area contributed by atoms with Gasteiger partial charge in [0.25, 0.3) is 0 Å². The molecule has 0 heterocycles. The van der Waals surface area contributed by atoms with Crippen LogP contribution in [0.5, 0.6) is 0 Å². The summed E-state index contributed by atoms with van der Waals surface area (Å²) >= 11 is 0. The number of hydrogen-bond acceptors (Lipinski definition) is 4. The van der Waals surface area contributed by atoms with Gasteiger partial charge >= 0.3 is 5.97 Å². The maximum absolute atomic E-state index is 11.4. The van der Waals surface area contributed by atoms with Crippen LogP contribution in [0, 0.1) is 11.3 Å². The minimum Gasteiger partial charge on any atom is -0.480 e. The zero-order valence-electron chi connectivity index (χ0n) is 9.91. The second kappa shape index (κ2) is 6.93. The Morgan fingerprint density at radius 1 is 1.37 bits per heavy atom. The molecule has 3 N–H and O–H groups in total. The van der Waals surface area contributed by atoms with Crippen molar-refractivity contribution in [3.8, 4) is 6.07 Å². The SMILES string of the molecule is N#Cc1ccc(/C=C/C(=O)N[C@@H](CO)C(=O)O)cc1. The van der Waals surface area contributed by atoms with Gasteiger partial charge in [0.2, 0.25) is 5.91 Å². The van der Waals surface area contributed by atoms with Crippen LogP contribution in [0.1, 0.15) is 11.1 Å². The second-order valence-electron chi connectivity index (χ2n) is 3.65. The molecule has 1 amide bonds. The number of nitriles is 1. The first-order chi connectivity index (χ1) is 9.06. The number of aliphatic hydroxyl groups excluding tert-OH is 1. The van der Waals surface area contributed by atoms with E-state index in [0.29, 0.717) is 11.1 Å². The summed E-state index contributed by atoms with van der Waals surface area (Å²) in [5.74, 6) is -1.92. The van der Waals surface area contributed by atoms with E-state index < -0.39 is 24.5 Å². The van der Waals surface area contributed by atoms with E-state index in [1.807, 2.05) is 6.07 Å². The molecule has 1 aromatic rings. The Labute approximate surface area is 109 Å². The van der Waals surface area contributed by atoms with Gasteiger partial charge in [-0.25, -0.2) is 4.79 Å². The lowest BCUT2D eigenvalue weighted by Crippen LogP contribution is -2.42. The molecule has 1 aromatic carbocycles. The van der Waals surface area contributed by atoms with Crippen LogP contribution in [-0.2, 0) is 9.59 Å². The molecule has 0 aliphatic rings. The van der Waals surface area contributed by atoms with Crippen molar-refractivity contribution in [3.05, 3.63) is 41.5 Å². The Kier molecular flexibility index (Phi) is 5.26. The number of carbonyl (C=O) groups excluding carboxylic acids is 1. The number of rotatable bonds is 5. The van der Waals surface area contributed by atoms with E-state index in [4.69, 9.17) is 15.5 Å². The van der Waals surface area contributed by atoms with Crippen molar-refractivity contribution < 1.29 is 19.8 Å². The number of aliphatic hydroxyl groups is 1. The van der Waals surface area contributed by atoms with Crippen LogP contribution in [0.3, 0.4) is 0 Å². The van der Waals surface area contributed by atoms with E-state index in [9.17, 15) is 9.59 Å². The molecule has 0 saturated carbocycles. The number of hydrogen-bond donors (Lipinski definition) is 3. The number of carboxylic acid groups (broad SMARTS) is 1. The number of benzene rings is 1. The molecule has 0 spiro atoms. The molecule has 6 nitrogen and oxygen atoms in total. The van der Waals surface area contributed by atoms with Gasteiger partial charge in [0, 0.05) is 6.08 Å². The summed E-state index contributed by atoms with van der Waals surface area (Å²) in [4.78, 5) is 22.0. The molecule has 1 rings (SSSR count). The number of carbonyl (C=O) groups is 2. The standard InChI is InChI=1S/C13H12N2O4/c14-7-10-3-1-9(2-4-10)5-6-12(17)15-11(8-16)13(18)19/h1-6,11,16H,8H2,(H,15,17)(H,18,19)/b6-5+/t11-/m0/s1. The van der Waals surface area contributed by atoms with Crippen LogP contribution in [0.2, 0.25) is 0 Å². The van der Waals surface area contributed by atoms with Crippen LogP contribution in [0.15, 0.2) is 30.3 Å². The molecule has 0 radical (unpaired) electrons. The van der Waals surface area contributed by atoms with Crippen LogP contribution < -0.4 is 5.32 Å². The van der Waals surface area contributed by atoms with Gasteiger partial charge in [-0.1, -0.05) is 12.1 Å². The van der Waals surface area contributed by atoms with Crippen molar-refractivity contribution >= 4 is 18.0 Å². The monoisotopic (exact) mass is 260 g/mol. The summed E-state index contributed by atoms with van der Waals surface area (Å²) < 4.78 is 0. The van der Waals surface area contributed by atoms with Crippen LogP contribution in [0.4, 0.5) is 0 Å². The average molecular weight is 260 g/mol. The van der Waals surface area contributed by atoms with E-state index in [-0.39, 0.29) is 0 Å². The number of nitrogens with zero attached hydrogens (tertiary/aromatic N) is 1. The van der Waals surface area contributed by atoms with E-state index >= 15 is 0 Å². The van der Waals surface area contributed by atoms with Crippen molar-refractivity contribution in [1.82, 2.24) is 5.32 Å². The molecular formula is C13H12N2O4. The van der Waals surface area contributed by atoms with Gasteiger partial charge in [-0.3, -0.25) is 4.79 Å². The third-order valence-electron chi connectivity index (χ3n) is 2.26. The summed E-state index contributed by atoms with van der Waals surface area (Å²) in [5.41, 5.74) is 1.21. The smallest absolute Gasteiger partial charge is 0.328 e. The van der Waals surface area contributed by atoms with Crippen LogP contribution in [-0.4, -0.2) is 34.7 Å². The summed E-state index contributed by atoms with van der Waals surface area (Å²) in [6, 6.07) is 7.16. The molecule has 19 heavy (non-hydrogen) atoms. The van der Waals surface area contributed by atoms with Gasteiger partial charge < -0.3 is 15.5 Å². The van der Waals surface area contributed by atoms with Gasteiger partial charge in [0.1, 0.15) is 0 Å². The van der Waals surface area contributed by atoms with E-state index in [1.165, 1.54) is 6.08 Å². The zero-order valence-corrected chi connectivity index (χ0v) is 9.91. The molecule has 1 atom stereocenters. The number of amides is 1. The molecule has 0 aliphatic heterocycles. The van der Waals surface area contributed by atoms with Crippen LogP contribution in [0.25, 0.3) is 6.08 Å². The Morgan fingerprint density at radius 3 is 2.47 bits per heavy atom. The topological polar surface area (TPSA) is 110 Å². The fourth-order valence-electron chi connectivity index (χ4n) is 1.25. The third kappa shape index (κ3) is 4.61. The molecule has 6 heteroatoms. The molecule has 0 unspecified atom stereocenters. The van der Waals surface area contributed by atoms with Gasteiger partial charge in [-0.2, -0.15) is 5.26 Å². The average Bonchev–Trinajstić information content (AvgIpc) is 2.42. The maximum Gasteiger partial charge on any atom is 0.328 e. The number of nitrogens with one attached hydrogen (secondary N) is 1. The minimum absolute atomic E-state index is 0.507. The predicted octanol–water partition coefficient (Wildman–Crippen LogP) is 0.133. The Balaban J connectivity index is 2.63. The number of aliphatic carboxylic acids is 1. The van der Waals surface area contributed by atoms with Gasteiger partial charge in [-0.15, -0.1) is 0 Å². The Hall–Kier alpha value is -2.65. The van der Waals surface area contributed by atoms with E-state index in [1.54, 1.807) is 24.3 Å². The molecule has 0 fully saturated rings. The highest BCUT2D eigenvalue weighted by Gasteiger charge is 2.16. The first-order valence-corrected chi connectivity index (χ1v) is 5.39. The molecular weight excluding hydrogens is 248 g/mol. The number of carboxylic acids is 1. The lowest BCUT2D eigenvalue weighted by atomic mass is 10.1. The Morgan fingerprint density at radius 2 is 2.00 bits per heavy atom. The second-order valence-corrected chi connectivity index (χ2v) is 3.65. The normalized spacial score (nSPS) is 11.8. The fraction of sp³-hybridized carbons (Fsp3) is 0.154. The molecule has 0 aliphatic carbocycles. The molecule has 0 bridgehead atoms. The van der Waals surface area contributed by atoms with Crippen LogP contribution >= 0.6 is 0 Å². The summed E-state index contributed by atoms with van der Waals surface area (Å²) in [5, 5.41) is 28.1. The summed E-state index contributed by atoms with van der Waals surface area (Å²) in [6.45, 7) is -0.675. The third-order valence-corrected chi connectivity index (χ3v) is 2.26. The Bertz CT molecular complexity index is 529. The minimum atomic E-state index is -1.32. The first-order valence-electron chi connectivity index (χ1n) is 5.39. The van der Waals surface area contributed by atoms with Crippen molar-refractivity contribution in [3.63, 3.8) is 0 Å². The van der Waals surface area contributed by atoms with E-state index in [0.717, 1.165) is 6.08 Å². The summed E-state index contributed by atoms with van der Waals surface area (Å²) in [7, 11) is 0. The predicted molar refractivity (Wildman–Crippen MR) is 66.8 cm³/mol. The van der Waals surface area contributed by atoms with Gasteiger partial charge in [-0.05, 0) is 23.8 Å². The molecule has 0 aromatic heterocycles.